The topological polar surface area (TPSA) is 57.0 Å². The molecule has 5 heteroatoms. The van der Waals surface area contributed by atoms with Crippen LogP contribution in [0, 0.1) is 12.7 Å². The Bertz CT molecular complexity index is 773. The van der Waals surface area contributed by atoms with Crippen molar-refractivity contribution in [3.05, 3.63) is 48.0 Å². The van der Waals surface area contributed by atoms with Crippen LogP contribution in [0.3, 0.4) is 0 Å². The molecule has 0 spiro atoms. The Morgan fingerprint density at radius 3 is 2.65 bits per heavy atom. The summed E-state index contributed by atoms with van der Waals surface area (Å²) in [6.07, 6.45) is 1.58. The average Bonchev–Trinajstić information content (AvgIpc) is 2.96. The first-order valence-electron chi connectivity index (χ1n) is 6.21. The fraction of sp³-hybridized carbons (Fsp3) is 0.133. The standard InChI is InChI=1S/C15H14FN3O/c1-9-7-8-20-14(9)13-12(15(17)19(2)18-13)10-5-3-4-6-11(10)16/h3-8H,17H2,1-2H3. The first-order chi connectivity index (χ1) is 9.59. The van der Waals surface area contributed by atoms with Gasteiger partial charge in [-0.25, -0.2) is 4.39 Å². The lowest BCUT2D eigenvalue weighted by atomic mass is 10.0. The predicted octanol–water partition coefficient (Wildman–Crippen LogP) is 3.38. The Kier molecular flexibility index (Phi) is 2.82. The number of hydrogen-bond acceptors (Lipinski definition) is 3. The second-order valence-corrected chi connectivity index (χ2v) is 4.65. The molecule has 4 nitrogen and oxygen atoms in total. The smallest absolute Gasteiger partial charge is 0.157 e. The van der Waals surface area contributed by atoms with E-state index < -0.39 is 0 Å². The molecule has 0 aliphatic carbocycles. The number of benzene rings is 1. The molecule has 0 saturated carbocycles. The highest BCUT2D eigenvalue weighted by Crippen LogP contribution is 2.38. The molecule has 3 aromatic rings. The van der Waals surface area contributed by atoms with E-state index in [2.05, 4.69) is 5.10 Å². The van der Waals surface area contributed by atoms with Gasteiger partial charge in [0.1, 0.15) is 17.3 Å². The minimum atomic E-state index is -0.336. The SMILES string of the molecule is Cc1ccoc1-c1nn(C)c(N)c1-c1ccccc1F. The van der Waals surface area contributed by atoms with Gasteiger partial charge in [-0.3, -0.25) is 4.68 Å². The molecule has 0 atom stereocenters. The summed E-state index contributed by atoms with van der Waals surface area (Å²) in [5, 5.41) is 4.36. The molecule has 2 heterocycles. The molecule has 0 aliphatic heterocycles. The zero-order chi connectivity index (χ0) is 14.3. The lowest BCUT2D eigenvalue weighted by Crippen LogP contribution is -1.98. The Balaban J connectivity index is 2.31. The number of halogens is 1. The van der Waals surface area contributed by atoms with Gasteiger partial charge in [0, 0.05) is 12.6 Å². The third-order valence-electron chi connectivity index (χ3n) is 3.31. The molecular weight excluding hydrogens is 257 g/mol. The van der Waals surface area contributed by atoms with Crippen LogP contribution in [-0.2, 0) is 7.05 Å². The van der Waals surface area contributed by atoms with Crippen LogP contribution in [-0.4, -0.2) is 9.78 Å². The summed E-state index contributed by atoms with van der Waals surface area (Å²) >= 11 is 0. The van der Waals surface area contributed by atoms with Gasteiger partial charge in [0.2, 0.25) is 0 Å². The summed E-state index contributed by atoms with van der Waals surface area (Å²) in [5.74, 6) is 0.675. The summed E-state index contributed by atoms with van der Waals surface area (Å²) in [4.78, 5) is 0. The second kappa shape index (κ2) is 4.52. The van der Waals surface area contributed by atoms with E-state index in [1.807, 2.05) is 13.0 Å². The molecular formula is C15H14FN3O. The van der Waals surface area contributed by atoms with E-state index in [4.69, 9.17) is 10.2 Å². The number of aryl methyl sites for hydroxylation is 2. The molecule has 20 heavy (non-hydrogen) atoms. The van der Waals surface area contributed by atoms with Gasteiger partial charge < -0.3 is 10.2 Å². The van der Waals surface area contributed by atoms with Gasteiger partial charge in [-0.2, -0.15) is 5.10 Å². The lowest BCUT2D eigenvalue weighted by Gasteiger charge is -2.04. The summed E-state index contributed by atoms with van der Waals surface area (Å²) in [5.41, 5.74) is 8.52. The Morgan fingerprint density at radius 2 is 2.00 bits per heavy atom. The molecule has 0 unspecified atom stereocenters. The lowest BCUT2D eigenvalue weighted by molar-refractivity contribution is 0.576. The maximum Gasteiger partial charge on any atom is 0.157 e. The normalized spacial score (nSPS) is 10.9. The van der Waals surface area contributed by atoms with Crippen molar-refractivity contribution in [1.29, 1.82) is 0 Å². The van der Waals surface area contributed by atoms with Crippen molar-refractivity contribution < 1.29 is 8.81 Å². The first-order valence-corrected chi connectivity index (χ1v) is 6.21. The molecule has 0 saturated heterocycles. The summed E-state index contributed by atoms with van der Waals surface area (Å²) in [6, 6.07) is 8.34. The molecule has 0 amide bonds. The summed E-state index contributed by atoms with van der Waals surface area (Å²) in [6.45, 7) is 1.91. The van der Waals surface area contributed by atoms with E-state index in [0.29, 0.717) is 28.4 Å². The van der Waals surface area contributed by atoms with E-state index in [9.17, 15) is 4.39 Å². The second-order valence-electron chi connectivity index (χ2n) is 4.65. The van der Waals surface area contributed by atoms with E-state index in [-0.39, 0.29) is 5.82 Å². The minimum absolute atomic E-state index is 0.336. The van der Waals surface area contributed by atoms with Crippen molar-refractivity contribution in [1.82, 2.24) is 9.78 Å². The molecule has 1 aromatic carbocycles. The van der Waals surface area contributed by atoms with Crippen LogP contribution < -0.4 is 5.73 Å². The van der Waals surface area contributed by atoms with Gasteiger partial charge in [-0.15, -0.1) is 0 Å². The molecule has 3 rings (SSSR count). The maximum absolute atomic E-state index is 14.1. The monoisotopic (exact) mass is 271 g/mol. The van der Waals surface area contributed by atoms with Crippen molar-refractivity contribution in [3.8, 4) is 22.6 Å². The molecule has 0 fully saturated rings. The number of rotatable bonds is 2. The first kappa shape index (κ1) is 12.5. The number of anilines is 1. The number of nitrogens with zero attached hydrogens (tertiary/aromatic N) is 2. The Hall–Kier alpha value is -2.56. The van der Waals surface area contributed by atoms with E-state index >= 15 is 0 Å². The highest BCUT2D eigenvalue weighted by Gasteiger charge is 2.22. The van der Waals surface area contributed by atoms with E-state index in [1.54, 1.807) is 31.5 Å². The van der Waals surface area contributed by atoms with Gasteiger partial charge in [0.15, 0.2) is 5.76 Å². The molecule has 2 aromatic heterocycles. The number of nitrogens with two attached hydrogens (primary N) is 1. The fourth-order valence-corrected chi connectivity index (χ4v) is 2.24. The van der Waals surface area contributed by atoms with Crippen molar-refractivity contribution >= 4 is 5.82 Å². The van der Waals surface area contributed by atoms with Gasteiger partial charge in [-0.1, -0.05) is 18.2 Å². The largest absolute Gasteiger partial charge is 0.462 e. The van der Waals surface area contributed by atoms with Crippen LogP contribution in [0.1, 0.15) is 5.56 Å². The van der Waals surface area contributed by atoms with Crippen molar-refractivity contribution in [2.75, 3.05) is 5.73 Å². The van der Waals surface area contributed by atoms with Gasteiger partial charge in [0.25, 0.3) is 0 Å². The zero-order valence-electron chi connectivity index (χ0n) is 11.2. The van der Waals surface area contributed by atoms with Crippen molar-refractivity contribution in [3.63, 3.8) is 0 Å². The Morgan fingerprint density at radius 1 is 1.25 bits per heavy atom. The quantitative estimate of drug-likeness (QED) is 0.777. The number of furan rings is 1. The van der Waals surface area contributed by atoms with Crippen LogP contribution in [0.15, 0.2) is 41.0 Å². The molecule has 0 radical (unpaired) electrons. The highest BCUT2D eigenvalue weighted by molar-refractivity contribution is 5.87. The van der Waals surface area contributed by atoms with Crippen LogP contribution in [0.5, 0.6) is 0 Å². The average molecular weight is 271 g/mol. The fourth-order valence-electron chi connectivity index (χ4n) is 2.24. The summed E-state index contributed by atoms with van der Waals surface area (Å²) in [7, 11) is 1.72. The molecule has 0 bridgehead atoms. The van der Waals surface area contributed by atoms with E-state index in [1.165, 1.54) is 10.7 Å². The van der Waals surface area contributed by atoms with Gasteiger partial charge in [-0.05, 0) is 24.6 Å². The molecule has 0 aliphatic rings. The Labute approximate surface area is 115 Å². The maximum atomic E-state index is 14.1. The number of hydrogen-bond donors (Lipinski definition) is 1. The third-order valence-corrected chi connectivity index (χ3v) is 3.31. The van der Waals surface area contributed by atoms with E-state index in [0.717, 1.165) is 5.56 Å². The minimum Gasteiger partial charge on any atom is -0.462 e. The predicted molar refractivity (Wildman–Crippen MR) is 75.5 cm³/mol. The van der Waals surface area contributed by atoms with Gasteiger partial charge in [0.05, 0.1) is 11.8 Å². The summed E-state index contributed by atoms with van der Waals surface area (Å²) < 4.78 is 21.1. The number of nitrogen functional groups attached to an aromatic ring is 1. The molecule has 2 N–H and O–H groups in total. The van der Waals surface area contributed by atoms with Crippen molar-refractivity contribution in [2.24, 2.45) is 7.05 Å². The van der Waals surface area contributed by atoms with Crippen LogP contribution in [0.25, 0.3) is 22.6 Å². The van der Waals surface area contributed by atoms with Crippen LogP contribution in [0.2, 0.25) is 0 Å². The zero-order valence-corrected chi connectivity index (χ0v) is 11.2. The third kappa shape index (κ3) is 1.79. The van der Waals surface area contributed by atoms with Crippen LogP contribution in [0.4, 0.5) is 10.2 Å². The van der Waals surface area contributed by atoms with Crippen LogP contribution >= 0.6 is 0 Å². The van der Waals surface area contributed by atoms with Crippen molar-refractivity contribution in [2.45, 2.75) is 6.92 Å². The highest BCUT2D eigenvalue weighted by atomic mass is 19.1. The van der Waals surface area contributed by atoms with Gasteiger partial charge >= 0.3 is 0 Å². The number of aromatic nitrogens is 2. The molecule has 102 valence electrons.